The molecule has 2 aromatic carbocycles. The van der Waals surface area contributed by atoms with Crippen LogP contribution in [0, 0.1) is 11.6 Å². The molecule has 1 N–H and O–H groups in total. The van der Waals surface area contributed by atoms with Crippen LogP contribution in [0.3, 0.4) is 0 Å². The predicted molar refractivity (Wildman–Crippen MR) is 137 cm³/mol. The van der Waals surface area contributed by atoms with Gasteiger partial charge in [-0.05, 0) is 48.9 Å². The zero-order chi connectivity index (χ0) is 26.4. The van der Waals surface area contributed by atoms with Gasteiger partial charge in [-0.1, -0.05) is 23.9 Å². The van der Waals surface area contributed by atoms with E-state index in [0.717, 1.165) is 0 Å². The normalized spacial score (nSPS) is 10.8. The molecule has 0 unspecified atom stereocenters. The van der Waals surface area contributed by atoms with Crippen molar-refractivity contribution in [1.29, 1.82) is 0 Å². The Labute approximate surface area is 219 Å². The lowest BCUT2D eigenvalue weighted by molar-refractivity contribution is -0.113. The van der Waals surface area contributed by atoms with E-state index >= 15 is 0 Å². The molecule has 4 rings (SSSR count). The van der Waals surface area contributed by atoms with Crippen molar-refractivity contribution in [2.75, 3.05) is 18.2 Å². The van der Waals surface area contributed by atoms with E-state index in [4.69, 9.17) is 9.47 Å². The molecule has 4 aromatic rings. The number of amides is 1. The lowest BCUT2D eigenvalue weighted by Crippen LogP contribution is -2.16. The van der Waals surface area contributed by atoms with Gasteiger partial charge in [-0.2, -0.15) is 0 Å². The van der Waals surface area contributed by atoms with Crippen molar-refractivity contribution >= 4 is 40.0 Å². The molecule has 0 fully saturated rings. The Morgan fingerprint density at radius 3 is 2.38 bits per heavy atom. The van der Waals surface area contributed by atoms with Gasteiger partial charge in [-0.25, -0.2) is 13.6 Å². The standard InChI is InChI=1S/C25H22F2N4O4S2/c1-3-31-20(12-35-18-10-8-17(27)9-11-18)29-30-25(31)37-14-21(32)28-23-22(24(33)34-2)19(13-36-23)15-4-6-16(26)7-5-15/h4-11,13H,3,12,14H2,1-2H3,(H,28,32). The molecule has 2 aromatic heterocycles. The molecule has 0 spiro atoms. The number of hydrogen-bond donors (Lipinski definition) is 1. The number of halogens is 2. The summed E-state index contributed by atoms with van der Waals surface area (Å²) in [4.78, 5) is 25.2. The molecule has 0 aliphatic carbocycles. The van der Waals surface area contributed by atoms with Gasteiger partial charge in [-0.3, -0.25) is 4.79 Å². The van der Waals surface area contributed by atoms with E-state index in [-0.39, 0.29) is 29.6 Å². The molecular weight excluding hydrogens is 522 g/mol. The van der Waals surface area contributed by atoms with Crippen molar-refractivity contribution in [3.8, 4) is 16.9 Å². The van der Waals surface area contributed by atoms with E-state index in [1.165, 1.54) is 66.6 Å². The van der Waals surface area contributed by atoms with Crippen LogP contribution in [0.2, 0.25) is 0 Å². The molecule has 1 amide bonds. The molecule has 0 aliphatic heterocycles. The third kappa shape index (κ3) is 6.33. The summed E-state index contributed by atoms with van der Waals surface area (Å²) >= 11 is 2.36. The van der Waals surface area contributed by atoms with Gasteiger partial charge in [0.05, 0.1) is 12.9 Å². The number of methoxy groups -OCH3 is 1. The number of hydrogen-bond acceptors (Lipinski definition) is 8. The Balaban J connectivity index is 1.42. The van der Waals surface area contributed by atoms with Crippen LogP contribution in [0.5, 0.6) is 5.75 Å². The molecule has 8 nitrogen and oxygen atoms in total. The molecule has 0 aliphatic rings. The number of benzene rings is 2. The SMILES string of the molecule is CCn1c(COc2ccc(F)cc2)nnc1SCC(=O)Nc1scc(-c2ccc(F)cc2)c1C(=O)OC. The second kappa shape index (κ2) is 12.0. The van der Waals surface area contributed by atoms with Crippen LogP contribution in [-0.4, -0.2) is 39.5 Å². The zero-order valence-electron chi connectivity index (χ0n) is 19.9. The topological polar surface area (TPSA) is 95.3 Å². The summed E-state index contributed by atoms with van der Waals surface area (Å²) in [6, 6.07) is 11.4. The Bertz CT molecular complexity index is 1390. The highest BCUT2D eigenvalue weighted by atomic mass is 32.2. The number of rotatable bonds is 10. The molecule has 192 valence electrons. The molecule has 37 heavy (non-hydrogen) atoms. The summed E-state index contributed by atoms with van der Waals surface area (Å²) in [5.41, 5.74) is 1.37. The number of esters is 1. The van der Waals surface area contributed by atoms with Gasteiger partial charge in [0.1, 0.15) is 34.6 Å². The summed E-state index contributed by atoms with van der Waals surface area (Å²) in [7, 11) is 1.25. The fraction of sp³-hybridized carbons (Fsp3) is 0.200. The number of thioether (sulfide) groups is 1. The second-order valence-corrected chi connectivity index (χ2v) is 9.40. The van der Waals surface area contributed by atoms with E-state index in [1.54, 1.807) is 17.5 Å². The van der Waals surface area contributed by atoms with Gasteiger partial charge < -0.3 is 19.4 Å². The van der Waals surface area contributed by atoms with Crippen LogP contribution in [0.4, 0.5) is 13.8 Å². The lowest BCUT2D eigenvalue weighted by atomic mass is 10.0. The van der Waals surface area contributed by atoms with Gasteiger partial charge in [-0.15, -0.1) is 21.5 Å². The summed E-state index contributed by atoms with van der Waals surface area (Å²) in [6.45, 7) is 2.60. The first-order chi connectivity index (χ1) is 17.9. The highest BCUT2D eigenvalue weighted by Gasteiger charge is 2.23. The minimum absolute atomic E-state index is 0.0152. The highest BCUT2D eigenvalue weighted by molar-refractivity contribution is 7.99. The van der Waals surface area contributed by atoms with Crippen molar-refractivity contribution < 1.29 is 27.8 Å². The number of ether oxygens (including phenoxy) is 2. The maximum atomic E-state index is 13.3. The molecule has 0 atom stereocenters. The molecular formula is C25H22F2N4O4S2. The minimum atomic E-state index is -0.611. The van der Waals surface area contributed by atoms with E-state index in [0.29, 0.717) is 39.4 Å². The first-order valence-electron chi connectivity index (χ1n) is 11.1. The van der Waals surface area contributed by atoms with Crippen molar-refractivity contribution in [3.05, 3.63) is 76.9 Å². The molecule has 12 heteroatoms. The predicted octanol–water partition coefficient (Wildman–Crippen LogP) is 5.40. The fourth-order valence-corrected chi connectivity index (χ4v) is 5.21. The lowest BCUT2D eigenvalue weighted by Gasteiger charge is -2.09. The quantitative estimate of drug-likeness (QED) is 0.211. The van der Waals surface area contributed by atoms with Crippen molar-refractivity contribution in [2.24, 2.45) is 0 Å². The van der Waals surface area contributed by atoms with E-state index in [9.17, 15) is 18.4 Å². The fourth-order valence-electron chi connectivity index (χ4n) is 3.42. The van der Waals surface area contributed by atoms with E-state index < -0.39 is 11.8 Å². The molecule has 0 saturated heterocycles. The van der Waals surface area contributed by atoms with Crippen LogP contribution in [0.25, 0.3) is 11.1 Å². The highest BCUT2D eigenvalue weighted by Crippen LogP contribution is 2.36. The van der Waals surface area contributed by atoms with Gasteiger partial charge >= 0.3 is 5.97 Å². The molecule has 0 bridgehead atoms. The van der Waals surface area contributed by atoms with Crippen LogP contribution in [0.1, 0.15) is 23.1 Å². The Hall–Kier alpha value is -3.77. The monoisotopic (exact) mass is 544 g/mol. The first-order valence-corrected chi connectivity index (χ1v) is 12.9. The minimum Gasteiger partial charge on any atom is -0.486 e. The van der Waals surface area contributed by atoms with Crippen LogP contribution in [0.15, 0.2) is 59.1 Å². The number of carbonyl (C=O) groups excluding carboxylic acids is 2. The zero-order valence-corrected chi connectivity index (χ0v) is 21.5. The van der Waals surface area contributed by atoms with E-state index in [1.807, 2.05) is 11.5 Å². The maximum absolute atomic E-state index is 13.3. The summed E-state index contributed by atoms with van der Waals surface area (Å²) in [6.07, 6.45) is 0. The Morgan fingerprint density at radius 2 is 1.73 bits per heavy atom. The van der Waals surface area contributed by atoms with Crippen LogP contribution >= 0.6 is 23.1 Å². The number of nitrogens with zero attached hydrogens (tertiary/aromatic N) is 3. The van der Waals surface area contributed by atoms with Gasteiger partial charge in [0.25, 0.3) is 0 Å². The summed E-state index contributed by atoms with van der Waals surface area (Å²) in [5, 5.41) is 13.6. The largest absolute Gasteiger partial charge is 0.486 e. The maximum Gasteiger partial charge on any atom is 0.341 e. The molecule has 0 radical (unpaired) electrons. The average Bonchev–Trinajstić information content (AvgIpc) is 3.50. The van der Waals surface area contributed by atoms with Crippen molar-refractivity contribution in [1.82, 2.24) is 14.8 Å². The second-order valence-electron chi connectivity index (χ2n) is 7.57. The van der Waals surface area contributed by atoms with Crippen LogP contribution in [-0.2, 0) is 22.7 Å². The van der Waals surface area contributed by atoms with Gasteiger partial charge in [0, 0.05) is 17.5 Å². The van der Waals surface area contributed by atoms with Crippen molar-refractivity contribution in [2.45, 2.75) is 25.2 Å². The van der Waals surface area contributed by atoms with E-state index in [2.05, 4.69) is 15.5 Å². The number of carbonyl (C=O) groups is 2. The van der Waals surface area contributed by atoms with Gasteiger partial charge in [0.15, 0.2) is 11.0 Å². The molecule has 0 saturated carbocycles. The Kier molecular flexibility index (Phi) is 8.51. The average molecular weight is 545 g/mol. The number of nitrogens with one attached hydrogen (secondary N) is 1. The summed E-state index contributed by atoms with van der Waals surface area (Å²) in [5.74, 6) is -0.634. The number of thiophene rings is 1. The third-order valence-electron chi connectivity index (χ3n) is 5.21. The first kappa shape index (κ1) is 26.3. The van der Waals surface area contributed by atoms with Gasteiger partial charge in [0.2, 0.25) is 5.91 Å². The number of aromatic nitrogens is 3. The smallest absolute Gasteiger partial charge is 0.341 e. The molecule has 2 heterocycles. The number of anilines is 1. The van der Waals surface area contributed by atoms with Crippen LogP contribution < -0.4 is 10.1 Å². The summed E-state index contributed by atoms with van der Waals surface area (Å²) < 4.78 is 38.8. The Morgan fingerprint density at radius 1 is 1.05 bits per heavy atom. The van der Waals surface area contributed by atoms with Crippen molar-refractivity contribution in [3.63, 3.8) is 0 Å². The third-order valence-corrected chi connectivity index (χ3v) is 7.07.